The van der Waals surface area contributed by atoms with E-state index in [1.807, 2.05) is 6.07 Å². The zero-order chi connectivity index (χ0) is 21.0. The average molecular weight is 442 g/mol. The normalized spacial score (nSPS) is 21.6. The van der Waals surface area contributed by atoms with Crippen LogP contribution < -0.4 is 15.4 Å². The molecular formula is C21H27N7O2S. The van der Waals surface area contributed by atoms with Gasteiger partial charge in [0, 0.05) is 42.6 Å². The van der Waals surface area contributed by atoms with E-state index in [9.17, 15) is 0 Å². The Hall–Kier alpha value is -2.40. The van der Waals surface area contributed by atoms with E-state index in [4.69, 9.17) is 24.1 Å². The van der Waals surface area contributed by atoms with Crippen molar-refractivity contribution in [1.29, 1.82) is 0 Å². The van der Waals surface area contributed by atoms with E-state index in [-0.39, 0.29) is 0 Å². The summed E-state index contributed by atoms with van der Waals surface area (Å²) in [6.45, 7) is 4.01. The van der Waals surface area contributed by atoms with Gasteiger partial charge in [-0.25, -0.2) is 9.97 Å². The smallest absolute Gasteiger partial charge is 0.226 e. The van der Waals surface area contributed by atoms with E-state index in [0.29, 0.717) is 24.4 Å². The Morgan fingerprint density at radius 3 is 3.00 bits per heavy atom. The molecule has 2 aromatic heterocycles. The Morgan fingerprint density at radius 1 is 1.23 bits per heavy atom. The fourth-order valence-corrected chi connectivity index (χ4v) is 4.65. The van der Waals surface area contributed by atoms with Gasteiger partial charge in [-0.1, -0.05) is 12.1 Å². The molecule has 0 spiro atoms. The Balaban J connectivity index is 1.35. The van der Waals surface area contributed by atoms with Gasteiger partial charge in [-0.05, 0) is 37.3 Å². The number of morpholine rings is 1. The van der Waals surface area contributed by atoms with Crippen LogP contribution in [0.3, 0.4) is 0 Å². The maximum absolute atomic E-state index is 5.47. The van der Waals surface area contributed by atoms with Crippen molar-refractivity contribution in [2.24, 2.45) is 11.1 Å². The lowest BCUT2D eigenvalue weighted by atomic mass is 10.1. The van der Waals surface area contributed by atoms with E-state index < -0.39 is 0 Å². The molecule has 1 aromatic carbocycles. The van der Waals surface area contributed by atoms with Crippen LogP contribution in [0.15, 0.2) is 36.5 Å². The number of benzene rings is 1. The molecule has 1 aliphatic heterocycles. The van der Waals surface area contributed by atoms with E-state index in [2.05, 4.69) is 39.5 Å². The van der Waals surface area contributed by atoms with Crippen LogP contribution in [0.2, 0.25) is 0 Å². The molecule has 1 saturated heterocycles. The molecule has 1 saturated carbocycles. The molecular weight excluding hydrogens is 414 g/mol. The van der Waals surface area contributed by atoms with Gasteiger partial charge < -0.3 is 19.1 Å². The molecule has 3 heterocycles. The summed E-state index contributed by atoms with van der Waals surface area (Å²) >= 11 is 0.942. The van der Waals surface area contributed by atoms with Gasteiger partial charge in [-0.15, -0.1) is 5.10 Å². The van der Waals surface area contributed by atoms with Gasteiger partial charge >= 0.3 is 0 Å². The molecule has 0 bridgehead atoms. The van der Waals surface area contributed by atoms with Gasteiger partial charge in [-0.2, -0.15) is 4.52 Å². The first-order valence-corrected chi connectivity index (χ1v) is 11.5. The second kappa shape index (κ2) is 9.39. The lowest BCUT2D eigenvalue weighted by Gasteiger charge is -2.29. The van der Waals surface area contributed by atoms with Crippen LogP contribution >= 0.6 is 12.2 Å². The lowest BCUT2D eigenvalue weighted by Crippen LogP contribution is -2.36. The maximum Gasteiger partial charge on any atom is 0.226 e. The third kappa shape index (κ3) is 4.62. The van der Waals surface area contributed by atoms with E-state index in [1.165, 1.54) is 5.69 Å². The van der Waals surface area contributed by atoms with Crippen LogP contribution in [-0.2, 0) is 8.92 Å². The van der Waals surface area contributed by atoms with Gasteiger partial charge in [0.25, 0.3) is 0 Å². The van der Waals surface area contributed by atoms with Crippen LogP contribution in [0.5, 0.6) is 0 Å². The lowest BCUT2D eigenvalue weighted by molar-refractivity contribution is 0.122. The summed E-state index contributed by atoms with van der Waals surface area (Å²) < 4.78 is 12.6. The summed E-state index contributed by atoms with van der Waals surface area (Å²) in [5.41, 5.74) is 2.95. The first kappa shape index (κ1) is 20.5. The fraction of sp³-hybridized carbons (Fsp3) is 0.476. The van der Waals surface area contributed by atoms with Crippen molar-refractivity contribution >= 4 is 29.5 Å². The topological polar surface area (TPSA) is 103 Å². The molecule has 0 amide bonds. The number of nitrogens with zero attached hydrogens (tertiary/aromatic N) is 5. The SMILES string of the molecule is NSOC[C@@H]1CC[C@H](Nc2nccc3nc(-c4cccc(N5CCOCC5)c4)nn23)C1. The Bertz CT molecular complexity index is 1020. The number of rotatable bonds is 7. The first-order valence-electron chi connectivity index (χ1n) is 10.7. The summed E-state index contributed by atoms with van der Waals surface area (Å²) in [7, 11) is 0. The van der Waals surface area contributed by atoms with E-state index in [1.54, 1.807) is 10.7 Å². The monoisotopic (exact) mass is 441 g/mol. The summed E-state index contributed by atoms with van der Waals surface area (Å²) in [4.78, 5) is 11.6. The van der Waals surface area contributed by atoms with Crippen LogP contribution in [0.4, 0.5) is 11.6 Å². The van der Waals surface area contributed by atoms with Crippen LogP contribution in [-0.4, -0.2) is 58.5 Å². The Morgan fingerprint density at radius 2 is 2.13 bits per heavy atom. The highest BCUT2D eigenvalue weighted by Gasteiger charge is 2.26. The minimum Gasteiger partial charge on any atom is -0.378 e. The van der Waals surface area contributed by atoms with Gasteiger partial charge in [0.2, 0.25) is 5.95 Å². The minimum absolute atomic E-state index is 0.340. The van der Waals surface area contributed by atoms with Gasteiger partial charge in [0.1, 0.15) is 0 Å². The summed E-state index contributed by atoms with van der Waals surface area (Å²) in [5.74, 6) is 1.94. The second-order valence-electron chi connectivity index (χ2n) is 8.02. The highest BCUT2D eigenvalue weighted by atomic mass is 32.2. The van der Waals surface area contributed by atoms with Crippen molar-refractivity contribution < 1.29 is 8.92 Å². The number of nitrogens with two attached hydrogens (primary N) is 1. The third-order valence-corrected chi connectivity index (χ3v) is 6.25. The van der Waals surface area contributed by atoms with Crippen LogP contribution in [0.1, 0.15) is 19.3 Å². The number of ether oxygens (including phenoxy) is 1. The number of hydrogen-bond donors (Lipinski definition) is 2. The molecule has 164 valence electrons. The highest BCUT2D eigenvalue weighted by molar-refractivity contribution is 7.92. The predicted octanol–water partition coefficient (Wildman–Crippen LogP) is 2.75. The van der Waals surface area contributed by atoms with Crippen molar-refractivity contribution in [2.45, 2.75) is 25.3 Å². The van der Waals surface area contributed by atoms with Crippen molar-refractivity contribution in [3.63, 3.8) is 0 Å². The van der Waals surface area contributed by atoms with Gasteiger partial charge in [0.15, 0.2) is 11.5 Å². The molecule has 10 heteroatoms. The standard InChI is InChI=1S/C21H27N7O2S/c22-31-30-14-15-4-5-17(12-15)24-21-23-7-6-19-25-20(26-28(19)21)16-2-1-3-18(13-16)27-8-10-29-11-9-27/h1-3,6-7,13,15,17H,4-5,8-12,14,22H2,(H,23,24)/t15-,17+/m1/s1. The molecule has 0 unspecified atom stereocenters. The van der Waals surface area contributed by atoms with Gasteiger partial charge in [0.05, 0.1) is 32.0 Å². The number of aromatic nitrogens is 4. The van der Waals surface area contributed by atoms with Crippen LogP contribution in [0.25, 0.3) is 17.0 Å². The van der Waals surface area contributed by atoms with Crippen molar-refractivity contribution in [3.05, 3.63) is 36.5 Å². The Labute approximate surface area is 185 Å². The first-order chi connectivity index (χ1) is 15.3. The van der Waals surface area contributed by atoms with E-state index >= 15 is 0 Å². The molecule has 31 heavy (non-hydrogen) atoms. The predicted molar refractivity (Wildman–Crippen MR) is 122 cm³/mol. The summed E-state index contributed by atoms with van der Waals surface area (Å²) in [5, 5.41) is 13.7. The molecule has 3 N–H and O–H groups in total. The molecule has 2 fully saturated rings. The molecule has 9 nitrogen and oxygen atoms in total. The summed E-state index contributed by atoms with van der Waals surface area (Å²) in [6, 6.07) is 10.6. The van der Waals surface area contributed by atoms with E-state index in [0.717, 1.165) is 75.0 Å². The molecule has 2 atom stereocenters. The fourth-order valence-electron chi connectivity index (χ4n) is 4.38. The number of nitrogens with one attached hydrogen (secondary N) is 1. The van der Waals surface area contributed by atoms with Crippen molar-refractivity contribution in [1.82, 2.24) is 19.6 Å². The zero-order valence-corrected chi connectivity index (χ0v) is 18.1. The van der Waals surface area contributed by atoms with Gasteiger partial charge in [-0.3, -0.25) is 5.14 Å². The molecule has 0 radical (unpaired) electrons. The number of fused-ring (bicyclic) bond motifs is 1. The molecule has 5 rings (SSSR count). The largest absolute Gasteiger partial charge is 0.378 e. The third-order valence-electron chi connectivity index (χ3n) is 5.98. The zero-order valence-electron chi connectivity index (χ0n) is 17.3. The highest BCUT2D eigenvalue weighted by Crippen LogP contribution is 2.29. The molecule has 3 aromatic rings. The molecule has 1 aliphatic carbocycles. The maximum atomic E-state index is 5.47. The quantitative estimate of drug-likeness (QED) is 0.423. The summed E-state index contributed by atoms with van der Waals surface area (Å²) in [6.07, 6.45) is 5.00. The number of hydrogen-bond acceptors (Lipinski definition) is 9. The molecule has 2 aliphatic rings. The Kier molecular flexibility index (Phi) is 6.21. The van der Waals surface area contributed by atoms with Crippen LogP contribution in [0, 0.1) is 5.92 Å². The average Bonchev–Trinajstić information content (AvgIpc) is 3.46. The minimum atomic E-state index is 0.340. The number of anilines is 2. The second-order valence-corrected chi connectivity index (χ2v) is 8.45. The van der Waals surface area contributed by atoms with Crippen molar-refractivity contribution in [2.75, 3.05) is 43.1 Å². The van der Waals surface area contributed by atoms with Crippen molar-refractivity contribution in [3.8, 4) is 11.4 Å².